The Morgan fingerprint density at radius 2 is 1.38 bits per heavy atom. The molecule has 0 spiro atoms. The molecule has 10 heteroatoms. The van der Waals surface area contributed by atoms with Crippen LogP contribution in [-0.2, 0) is 0 Å². The number of carbonyl (C=O) groups excluding carboxylic acids is 1. The van der Waals surface area contributed by atoms with Crippen LogP contribution >= 0.6 is 0 Å². The summed E-state index contributed by atoms with van der Waals surface area (Å²) in [6.45, 7) is 9.33. The maximum Gasteiger partial charge on any atom is 0.336 e. The van der Waals surface area contributed by atoms with Crippen LogP contribution in [0.3, 0.4) is 0 Å². The first-order valence-electron chi connectivity index (χ1n) is 12.7. The summed E-state index contributed by atoms with van der Waals surface area (Å²) in [5.74, 6) is -1.68. The maximum atomic E-state index is 13.2. The van der Waals surface area contributed by atoms with Gasteiger partial charge in [-0.1, -0.05) is 69.7 Å². The largest absolute Gasteiger partial charge is 0.478 e. The first-order chi connectivity index (χ1) is 18.2. The molecule has 3 aromatic carbocycles. The fourth-order valence-electron chi connectivity index (χ4n) is 4.11. The van der Waals surface area contributed by atoms with E-state index in [9.17, 15) is 14.7 Å². The smallest absolute Gasteiger partial charge is 0.336 e. The Balaban J connectivity index is 2.21. The third kappa shape index (κ3) is 6.55. The van der Waals surface area contributed by atoms with E-state index in [1.54, 1.807) is 48.5 Å². The van der Waals surface area contributed by atoms with Crippen molar-refractivity contribution >= 4 is 60.4 Å². The quantitative estimate of drug-likeness (QED) is 0.348. The second-order valence-electron chi connectivity index (χ2n) is 10.4. The number of hydrogen-bond acceptors (Lipinski definition) is 3. The molecular formula is C29H31B4N3O3. The number of benzene rings is 3. The van der Waals surface area contributed by atoms with Gasteiger partial charge in [-0.25, -0.2) is 9.59 Å². The molecule has 0 fully saturated rings. The summed E-state index contributed by atoms with van der Waals surface area (Å²) in [4.78, 5) is 26.6. The molecule has 2 amide bonds. The maximum absolute atomic E-state index is 13.2. The molecule has 0 bridgehead atoms. The molecule has 3 aromatic rings. The normalized spacial score (nSPS) is 11.9. The van der Waals surface area contributed by atoms with Crippen LogP contribution in [0.15, 0.2) is 66.7 Å². The van der Waals surface area contributed by atoms with E-state index in [0.29, 0.717) is 28.2 Å². The molecule has 192 valence electrons. The van der Waals surface area contributed by atoms with Crippen molar-refractivity contribution in [3.8, 4) is 11.1 Å². The summed E-state index contributed by atoms with van der Waals surface area (Å²) >= 11 is 0. The van der Waals surface area contributed by atoms with Gasteiger partial charge >= 0.3 is 12.0 Å². The third-order valence-corrected chi connectivity index (χ3v) is 6.89. The highest BCUT2D eigenvalue weighted by Crippen LogP contribution is 2.41. The number of hydrogen-bond donors (Lipinski definition) is 3. The minimum atomic E-state index is -1.52. The number of carbonyl (C=O) groups is 2. The number of rotatable bonds is 9. The Morgan fingerprint density at radius 3 is 1.92 bits per heavy atom. The van der Waals surface area contributed by atoms with Crippen molar-refractivity contribution in [2.24, 2.45) is 11.8 Å². The first kappa shape index (κ1) is 30.0. The lowest BCUT2D eigenvalue weighted by molar-refractivity contribution is 0.0697. The molecule has 0 aliphatic carbocycles. The average Bonchev–Trinajstić information content (AvgIpc) is 2.86. The zero-order chi connectivity index (χ0) is 29.1. The number of aromatic carboxylic acids is 1. The highest BCUT2D eigenvalue weighted by Gasteiger charge is 2.40. The van der Waals surface area contributed by atoms with E-state index in [-0.39, 0.29) is 17.4 Å². The topological polar surface area (TPSA) is 81.7 Å². The molecule has 3 N–H and O–H groups in total. The molecule has 0 heterocycles. The van der Waals surface area contributed by atoms with Gasteiger partial charge in [0.15, 0.2) is 0 Å². The molecule has 3 rings (SSSR count). The van der Waals surface area contributed by atoms with Gasteiger partial charge < -0.3 is 20.6 Å². The van der Waals surface area contributed by atoms with Gasteiger partial charge in [0, 0.05) is 5.69 Å². The van der Waals surface area contributed by atoms with Crippen LogP contribution in [0.5, 0.6) is 0 Å². The number of carboxylic acid groups (broad SMARTS) is 1. The van der Waals surface area contributed by atoms with Crippen LogP contribution in [0.2, 0.25) is 0 Å². The summed E-state index contributed by atoms with van der Waals surface area (Å²) in [5.41, 5.74) is 3.44. The number of aryl methyl sites for hydroxylation is 1. The van der Waals surface area contributed by atoms with Crippen molar-refractivity contribution in [3.05, 3.63) is 77.9 Å². The van der Waals surface area contributed by atoms with Gasteiger partial charge in [-0.15, -0.1) is 0 Å². The standard InChI is InChI=1S/C29H31B4N3O3/c1-17(2)28(30,31)36(29(32,33)18(3)4)25-15-12-20(22-8-6-7-9-23(22)26(37)38)16-24(25)35-27(39)34-21-13-10-19(5)11-14-21/h6-18H,1-5H3,(H,37,38)(H2,34,35,39). The van der Waals surface area contributed by atoms with Crippen molar-refractivity contribution in [2.45, 2.75) is 45.3 Å². The van der Waals surface area contributed by atoms with Crippen molar-refractivity contribution in [1.82, 2.24) is 0 Å². The molecule has 0 aliphatic heterocycles. The second kappa shape index (κ2) is 11.7. The van der Waals surface area contributed by atoms with E-state index in [4.69, 9.17) is 31.4 Å². The lowest BCUT2D eigenvalue weighted by Gasteiger charge is -2.57. The summed E-state index contributed by atoms with van der Waals surface area (Å²) in [7, 11) is 26.6. The monoisotopic (exact) mass is 513 g/mol. The summed E-state index contributed by atoms with van der Waals surface area (Å²) in [6, 6.07) is 18.5. The number of carboxylic acids is 1. The number of amides is 2. The zero-order valence-corrected chi connectivity index (χ0v) is 23.0. The van der Waals surface area contributed by atoms with E-state index in [0.717, 1.165) is 5.56 Å². The van der Waals surface area contributed by atoms with Crippen LogP contribution in [0.4, 0.5) is 21.9 Å². The Kier molecular flexibility index (Phi) is 8.99. The highest BCUT2D eigenvalue weighted by atomic mass is 16.4. The van der Waals surface area contributed by atoms with E-state index < -0.39 is 22.7 Å². The Labute approximate surface area is 236 Å². The number of anilines is 3. The minimum Gasteiger partial charge on any atom is -0.478 e. The van der Waals surface area contributed by atoms with E-state index in [2.05, 4.69) is 10.6 Å². The average molecular weight is 513 g/mol. The molecule has 0 saturated heterocycles. The Morgan fingerprint density at radius 1 is 0.821 bits per heavy atom. The summed E-state index contributed by atoms with van der Waals surface area (Å²) in [5, 5.41) is 12.4. The van der Waals surface area contributed by atoms with Gasteiger partial charge in [0.2, 0.25) is 0 Å². The van der Waals surface area contributed by atoms with Crippen LogP contribution < -0.4 is 15.5 Å². The van der Waals surface area contributed by atoms with Gasteiger partial charge in [0.05, 0.1) is 48.3 Å². The predicted molar refractivity (Wildman–Crippen MR) is 163 cm³/mol. The SMILES string of the molecule is [B]C([B])(C(C)C)N(c1ccc(-c2ccccc2C(=O)O)cc1NC(=O)Nc1ccc(C)cc1)C([B])([B])C(C)C. The predicted octanol–water partition coefficient (Wildman–Crippen LogP) is 5.10. The summed E-state index contributed by atoms with van der Waals surface area (Å²) < 4.78 is 0. The molecule has 6 nitrogen and oxygen atoms in total. The van der Waals surface area contributed by atoms with E-state index in [1.807, 2.05) is 46.8 Å². The van der Waals surface area contributed by atoms with Crippen molar-refractivity contribution in [1.29, 1.82) is 0 Å². The second-order valence-corrected chi connectivity index (χ2v) is 10.4. The number of urea groups is 1. The molecule has 8 radical (unpaired) electrons. The zero-order valence-electron chi connectivity index (χ0n) is 23.0. The first-order valence-corrected chi connectivity index (χ1v) is 12.7. The van der Waals surface area contributed by atoms with E-state index >= 15 is 0 Å². The molecule has 0 aromatic heterocycles. The van der Waals surface area contributed by atoms with Gasteiger partial charge in [-0.05, 0) is 70.9 Å². The van der Waals surface area contributed by atoms with Crippen LogP contribution in [0.1, 0.15) is 43.6 Å². The molecule has 0 atom stereocenters. The van der Waals surface area contributed by atoms with Crippen LogP contribution in [0, 0.1) is 18.8 Å². The van der Waals surface area contributed by atoms with Crippen molar-refractivity contribution < 1.29 is 14.7 Å². The van der Waals surface area contributed by atoms with Gasteiger partial charge in [-0.3, -0.25) is 0 Å². The number of nitrogens with zero attached hydrogens (tertiary/aromatic N) is 1. The molecule has 0 saturated carbocycles. The molecular weight excluding hydrogens is 482 g/mol. The minimum absolute atomic E-state index is 0.112. The lowest BCUT2D eigenvalue weighted by atomic mass is 9.46. The summed E-state index contributed by atoms with van der Waals surface area (Å²) in [6.07, 6.45) is 0. The van der Waals surface area contributed by atoms with Gasteiger partial charge in [-0.2, -0.15) is 0 Å². The van der Waals surface area contributed by atoms with Gasteiger partial charge in [0.1, 0.15) is 0 Å². The van der Waals surface area contributed by atoms with Crippen molar-refractivity contribution in [2.75, 3.05) is 15.5 Å². The Hall–Kier alpha value is -3.54. The van der Waals surface area contributed by atoms with Crippen molar-refractivity contribution in [3.63, 3.8) is 0 Å². The molecule has 0 unspecified atom stereocenters. The van der Waals surface area contributed by atoms with Crippen LogP contribution in [0.25, 0.3) is 11.1 Å². The lowest BCUT2D eigenvalue weighted by Crippen LogP contribution is -2.67. The third-order valence-electron chi connectivity index (χ3n) is 6.89. The van der Waals surface area contributed by atoms with E-state index in [1.165, 1.54) is 11.0 Å². The molecule has 0 aliphatic rings. The fourth-order valence-corrected chi connectivity index (χ4v) is 4.11. The molecule has 39 heavy (non-hydrogen) atoms. The van der Waals surface area contributed by atoms with Crippen LogP contribution in [-0.4, -0.2) is 59.2 Å². The highest BCUT2D eigenvalue weighted by molar-refractivity contribution is 6.47. The fraction of sp³-hybridized carbons (Fsp3) is 0.310. The van der Waals surface area contributed by atoms with Gasteiger partial charge in [0.25, 0.3) is 0 Å². The number of nitrogens with one attached hydrogen (secondary N) is 2. The Bertz CT molecular complexity index is 1320.